The molecule has 1 aromatic carbocycles. The zero-order valence-electron chi connectivity index (χ0n) is 9.92. The number of carbonyl (C=O) groups excluding carboxylic acids is 1. The summed E-state index contributed by atoms with van der Waals surface area (Å²) in [4.78, 5) is 14.3. The number of nitrogens with two attached hydrogens (primary N) is 1. The predicted octanol–water partition coefficient (Wildman–Crippen LogP) is 1.12. The van der Waals surface area contributed by atoms with Crippen LogP contribution < -0.4 is 11.1 Å². The van der Waals surface area contributed by atoms with Crippen LogP contribution in [0.15, 0.2) is 28.1 Å². The van der Waals surface area contributed by atoms with Crippen molar-refractivity contribution in [3.05, 3.63) is 18.2 Å². The smallest absolute Gasteiger partial charge is 0.296 e. The number of benzene rings is 1. The molecule has 0 fully saturated rings. The van der Waals surface area contributed by atoms with Crippen molar-refractivity contribution in [1.29, 1.82) is 0 Å². The van der Waals surface area contributed by atoms with Crippen molar-refractivity contribution < 1.29 is 17.8 Å². The van der Waals surface area contributed by atoms with Crippen LogP contribution in [0.5, 0.6) is 0 Å². The third-order valence-corrected chi connectivity index (χ3v) is 3.13. The molecule has 0 aliphatic rings. The quantitative estimate of drug-likeness (QED) is 0.333. The molecule has 104 valence electrons. The minimum Gasteiger partial charge on any atom is -0.386 e. The van der Waals surface area contributed by atoms with Crippen LogP contribution in [0.4, 0.5) is 11.4 Å². The molecule has 0 aliphatic heterocycles. The fourth-order valence-electron chi connectivity index (χ4n) is 1.29. The highest BCUT2D eigenvalue weighted by Crippen LogP contribution is 2.27. The summed E-state index contributed by atoms with van der Waals surface area (Å²) in [5.41, 5.74) is 5.64. The SMILES string of the molecule is CC(=O)Nc1ccc(S(=O)(=O)O)c(N=C(N)CCl)c1. The van der Waals surface area contributed by atoms with Gasteiger partial charge in [0.25, 0.3) is 10.1 Å². The van der Waals surface area contributed by atoms with Crippen molar-refractivity contribution in [2.75, 3.05) is 11.2 Å². The van der Waals surface area contributed by atoms with Crippen LogP contribution >= 0.6 is 11.6 Å². The Hall–Kier alpha value is -1.64. The maximum Gasteiger partial charge on any atom is 0.296 e. The van der Waals surface area contributed by atoms with Gasteiger partial charge in [-0.15, -0.1) is 11.6 Å². The molecular formula is C10H12ClN3O4S. The number of hydrogen-bond acceptors (Lipinski definition) is 4. The summed E-state index contributed by atoms with van der Waals surface area (Å²) >= 11 is 5.46. The molecule has 1 aromatic rings. The van der Waals surface area contributed by atoms with E-state index in [-0.39, 0.29) is 23.3 Å². The predicted molar refractivity (Wildman–Crippen MR) is 72.6 cm³/mol. The molecule has 0 aromatic heterocycles. The topological polar surface area (TPSA) is 122 Å². The van der Waals surface area contributed by atoms with Gasteiger partial charge in [0.1, 0.15) is 10.7 Å². The Labute approximate surface area is 115 Å². The van der Waals surface area contributed by atoms with Crippen LogP contribution in [-0.4, -0.2) is 30.6 Å². The Morgan fingerprint density at radius 3 is 2.63 bits per heavy atom. The van der Waals surface area contributed by atoms with Crippen LogP contribution in [0.2, 0.25) is 0 Å². The van der Waals surface area contributed by atoms with Gasteiger partial charge in [-0.3, -0.25) is 9.35 Å². The molecule has 19 heavy (non-hydrogen) atoms. The average molecular weight is 306 g/mol. The van der Waals surface area contributed by atoms with E-state index in [0.29, 0.717) is 5.69 Å². The Morgan fingerprint density at radius 1 is 1.53 bits per heavy atom. The molecule has 0 heterocycles. The summed E-state index contributed by atoms with van der Waals surface area (Å²) in [6.45, 7) is 1.30. The fourth-order valence-corrected chi connectivity index (χ4v) is 1.96. The Kier molecular flexibility index (Phi) is 4.87. The normalized spacial score (nSPS) is 12.3. The maximum atomic E-state index is 11.2. The molecule has 0 spiro atoms. The second-order valence-electron chi connectivity index (χ2n) is 3.58. The number of amides is 1. The van der Waals surface area contributed by atoms with Gasteiger partial charge in [-0.25, -0.2) is 4.99 Å². The van der Waals surface area contributed by atoms with E-state index in [2.05, 4.69) is 10.3 Å². The third-order valence-electron chi connectivity index (χ3n) is 1.96. The van der Waals surface area contributed by atoms with Gasteiger partial charge in [0, 0.05) is 12.6 Å². The standard InChI is InChI=1S/C10H12ClN3O4S/c1-6(15)13-7-2-3-9(19(16,17)18)8(4-7)14-10(12)5-11/h2-4H,5H2,1H3,(H2,12,14)(H,13,15)(H,16,17,18). The van der Waals surface area contributed by atoms with Crippen molar-refractivity contribution in [2.45, 2.75) is 11.8 Å². The monoisotopic (exact) mass is 305 g/mol. The second-order valence-corrected chi connectivity index (χ2v) is 5.23. The van der Waals surface area contributed by atoms with E-state index < -0.39 is 15.0 Å². The lowest BCUT2D eigenvalue weighted by atomic mass is 10.2. The van der Waals surface area contributed by atoms with Gasteiger partial charge >= 0.3 is 0 Å². The molecule has 1 amide bonds. The number of carbonyl (C=O) groups is 1. The van der Waals surface area contributed by atoms with Crippen molar-refractivity contribution in [3.63, 3.8) is 0 Å². The number of alkyl halides is 1. The first-order chi connectivity index (χ1) is 8.74. The molecule has 0 unspecified atom stereocenters. The lowest BCUT2D eigenvalue weighted by molar-refractivity contribution is -0.114. The Bertz CT molecular complexity index is 628. The summed E-state index contributed by atoms with van der Waals surface area (Å²) in [6, 6.07) is 3.70. The number of halogens is 1. The number of amidine groups is 1. The molecule has 0 saturated carbocycles. The largest absolute Gasteiger partial charge is 0.386 e. The van der Waals surface area contributed by atoms with Crippen molar-refractivity contribution >= 4 is 44.8 Å². The fraction of sp³-hybridized carbons (Fsp3) is 0.200. The number of nitrogens with zero attached hydrogens (tertiary/aromatic N) is 1. The first-order valence-corrected chi connectivity index (χ1v) is 6.99. The van der Waals surface area contributed by atoms with E-state index in [4.69, 9.17) is 21.9 Å². The van der Waals surface area contributed by atoms with E-state index >= 15 is 0 Å². The number of hydrogen-bond donors (Lipinski definition) is 3. The number of aliphatic imine (C=N–C) groups is 1. The number of rotatable bonds is 4. The lowest BCUT2D eigenvalue weighted by Crippen LogP contribution is -2.13. The van der Waals surface area contributed by atoms with Crippen LogP contribution in [0.3, 0.4) is 0 Å². The lowest BCUT2D eigenvalue weighted by Gasteiger charge is -2.07. The van der Waals surface area contributed by atoms with Crippen LogP contribution in [0.1, 0.15) is 6.92 Å². The van der Waals surface area contributed by atoms with Gasteiger partial charge < -0.3 is 11.1 Å². The first kappa shape index (κ1) is 15.4. The number of anilines is 1. The van der Waals surface area contributed by atoms with Gasteiger partial charge in [-0.05, 0) is 18.2 Å². The highest BCUT2D eigenvalue weighted by Gasteiger charge is 2.16. The van der Waals surface area contributed by atoms with Gasteiger partial charge in [0.05, 0.1) is 11.6 Å². The van der Waals surface area contributed by atoms with Crippen LogP contribution in [0, 0.1) is 0 Å². The van der Waals surface area contributed by atoms with Crippen LogP contribution in [0.25, 0.3) is 0 Å². The summed E-state index contributed by atoms with van der Waals surface area (Å²) < 4.78 is 31.4. The van der Waals surface area contributed by atoms with Crippen molar-refractivity contribution in [3.8, 4) is 0 Å². The van der Waals surface area contributed by atoms with E-state index in [0.717, 1.165) is 6.07 Å². The highest BCUT2D eigenvalue weighted by molar-refractivity contribution is 7.86. The van der Waals surface area contributed by atoms with Crippen molar-refractivity contribution in [1.82, 2.24) is 0 Å². The molecule has 0 bridgehead atoms. The van der Waals surface area contributed by atoms with Gasteiger partial charge in [-0.2, -0.15) is 8.42 Å². The van der Waals surface area contributed by atoms with E-state index in [1.54, 1.807) is 0 Å². The minimum atomic E-state index is -4.45. The second kappa shape index (κ2) is 6.00. The van der Waals surface area contributed by atoms with Crippen molar-refractivity contribution in [2.24, 2.45) is 10.7 Å². The van der Waals surface area contributed by atoms with Gasteiger partial charge in [0.2, 0.25) is 5.91 Å². The molecule has 9 heteroatoms. The summed E-state index contributed by atoms with van der Waals surface area (Å²) in [7, 11) is -4.45. The first-order valence-electron chi connectivity index (χ1n) is 5.02. The molecular weight excluding hydrogens is 294 g/mol. The average Bonchev–Trinajstić information content (AvgIpc) is 2.26. The molecule has 0 aliphatic carbocycles. The van der Waals surface area contributed by atoms with E-state index in [9.17, 15) is 13.2 Å². The molecule has 0 atom stereocenters. The number of nitrogens with one attached hydrogen (secondary N) is 1. The van der Waals surface area contributed by atoms with E-state index in [1.807, 2.05) is 0 Å². The molecule has 7 nitrogen and oxygen atoms in total. The minimum absolute atomic E-state index is 0.0217. The zero-order valence-corrected chi connectivity index (χ0v) is 11.5. The molecule has 1 rings (SSSR count). The molecule has 4 N–H and O–H groups in total. The highest BCUT2D eigenvalue weighted by atomic mass is 35.5. The maximum absolute atomic E-state index is 11.2. The molecule has 0 radical (unpaired) electrons. The van der Waals surface area contributed by atoms with E-state index in [1.165, 1.54) is 19.1 Å². The summed E-state index contributed by atoms with van der Waals surface area (Å²) in [5.74, 6) is -0.457. The van der Waals surface area contributed by atoms with Gasteiger partial charge in [-0.1, -0.05) is 0 Å². The molecule has 0 saturated heterocycles. The zero-order chi connectivity index (χ0) is 14.6. The Balaban J connectivity index is 3.39. The van der Waals surface area contributed by atoms with Gasteiger partial charge in [0.15, 0.2) is 0 Å². The summed E-state index contributed by atoms with van der Waals surface area (Å²) in [6.07, 6.45) is 0. The van der Waals surface area contributed by atoms with Crippen LogP contribution in [-0.2, 0) is 14.9 Å². The summed E-state index contributed by atoms with van der Waals surface area (Å²) in [5, 5.41) is 2.46. The Morgan fingerprint density at radius 2 is 2.16 bits per heavy atom. The third kappa shape index (κ3) is 4.51.